The molecule has 0 saturated carbocycles. The van der Waals surface area contributed by atoms with Gasteiger partial charge in [-0.05, 0) is 68.1 Å². The van der Waals surface area contributed by atoms with Gasteiger partial charge >= 0.3 is 0 Å². The van der Waals surface area contributed by atoms with Crippen molar-refractivity contribution in [2.75, 3.05) is 31.9 Å². The number of carbonyl (C=O) groups excluding carboxylic acids is 1. The molecule has 2 saturated heterocycles. The third-order valence-electron chi connectivity index (χ3n) is 7.34. The van der Waals surface area contributed by atoms with E-state index in [0.717, 1.165) is 50.0 Å². The van der Waals surface area contributed by atoms with Crippen LogP contribution in [0.15, 0.2) is 54.7 Å². The van der Waals surface area contributed by atoms with Crippen molar-refractivity contribution < 1.29 is 13.9 Å². The molecular formula is C29H31Cl2FN4O2. The molecule has 0 bridgehead atoms. The maximum Gasteiger partial charge on any atom is 0.254 e. The number of ether oxygens (including phenoxy) is 1. The van der Waals surface area contributed by atoms with Crippen molar-refractivity contribution in [2.24, 2.45) is 0 Å². The Labute approximate surface area is 232 Å². The van der Waals surface area contributed by atoms with Crippen LogP contribution < -0.4 is 10.5 Å². The number of likely N-dealkylation sites (tertiary alicyclic amines) is 2. The number of nitrogens with two attached hydrogens (primary N) is 1. The van der Waals surface area contributed by atoms with Gasteiger partial charge in [0.1, 0.15) is 12.8 Å². The molecule has 6 nitrogen and oxygen atoms in total. The average molecular weight is 557 g/mol. The standard InChI is InChI=1S/C29H31Cl2FN4O2/c30-25-6-1-7-26(31)24(25)18-38-27-14-21(15-34-28(27)33)19-8-10-20(11-9-19)29(37)36-13-3-5-23(36)17-35-12-2-4-22(32)16-35/h1,6-11,14-15,22-23H,2-5,12-13,16-18H2,(H2,33,34)/t22?,23-/m0/s1. The number of aromatic nitrogens is 1. The van der Waals surface area contributed by atoms with Crippen molar-refractivity contribution >= 4 is 34.9 Å². The summed E-state index contributed by atoms with van der Waals surface area (Å²) in [5.41, 5.74) is 9.06. The highest BCUT2D eigenvalue weighted by Gasteiger charge is 2.32. The number of piperidine rings is 1. The fourth-order valence-corrected chi connectivity index (χ4v) is 5.78. The Bertz CT molecular complexity index is 1270. The molecule has 2 aliphatic rings. The Morgan fingerprint density at radius 2 is 1.79 bits per heavy atom. The van der Waals surface area contributed by atoms with E-state index in [-0.39, 0.29) is 24.4 Å². The lowest BCUT2D eigenvalue weighted by Crippen LogP contribution is -2.46. The number of hydrogen-bond donors (Lipinski definition) is 1. The van der Waals surface area contributed by atoms with E-state index in [1.807, 2.05) is 35.2 Å². The maximum absolute atomic E-state index is 13.9. The Morgan fingerprint density at radius 1 is 1.05 bits per heavy atom. The Balaban J connectivity index is 1.26. The number of hydrogen-bond acceptors (Lipinski definition) is 5. The highest BCUT2D eigenvalue weighted by molar-refractivity contribution is 6.35. The summed E-state index contributed by atoms with van der Waals surface area (Å²) in [7, 11) is 0. The van der Waals surface area contributed by atoms with E-state index >= 15 is 0 Å². The van der Waals surface area contributed by atoms with Crippen molar-refractivity contribution in [3.63, 3.8) is 0 Å². The van der Waals surface area contributed by atoms with Crippen molar-refractivity contribution in [1.82, 2.24) is 14.8 Å². The van der Waals surface area contributed by atoms with Crippen LogP contribution in [0.25, 0.3) is 11.1 Å². The van der Waals surface area contributed by atoms with Gasteiger partial charge in [0.05, 0.1) is 0 Å². The van der Waals surface area contributed by atoms with Crippen molar-refractivity contribution in [1.29, 1.82) is 0 Å². The van der Waals surface area contributed by atoms with E-state index in [4.69, 9.17) is 33.7 Å². The molecule has 1 unspecified atom stereocenters. The SMILES string of the molecule is Nc1ncc(-c2ccc(C(=O)N3CCC[C@H]3CN3CCCC(F)C3)cc2)cc1OCc1c(Cl)cccc1Cl. The predicted molar refractivity (Wildman–Crippen MR) is 150 cm³/mol. The molecule has 1 amide bonds. The highest BCUT2D eigenvalue weighted by atomic mass is 35.5. The summed E-state index contributed by atoms with van der Waals surface area (Å²) in [6, 6.07) is 14.7. The van der Waals surface area contributed by atoms with Crippen LogP contribution in [0, 0.1) is 0 Å². The lowest BCUT2D eigenvalue weighted by molar-refractivity contribution is 0.0655. The topological polar surface area (TPSA) is 71.7 Å². The van der Waals surface area contributed by atoms with E-state index in [1.54, 1.807) is 24.4 Å². The Hall–Kier alpha value is -2.87. The predicted octanol–water partition coefficient (Wildman–Crippen LogP) is 6.26. The number of rotatable bonds is 7. The van der Waals surface area contributed by atoms with Gasteiger partial charge in [-0.25, -0.2) is 9.37 Å². The molecule has 9 heteroatoms. The number of benzene rings is 2. The Morgan fingerprint density at radius 3 is 2.53 bits per heavy atom. The number of alkyl halides is 1. The number of pyridine rings is 1. The first-order valence-corrected chi connectivity index (χ1v) is 13.7. The molecule has 2 aromatic carbocycles. The van der Waals surface area contributed by atoms with Gasteiger partial charge < -0.3 is 15.4 Å². The van der Waals surface area contributed by atoms with Crippen LogP contribution >= 0.6 is 23.2 Å². The third-order valence-corrected chi connectivity index (χ3v) is 8.04. The van der Waals surface area contributed by atoms with Gasteiger partial charge in [0.2, 0.25) is 0 Å². The molecule has 0 aliphatic carbocycles. The number of carbonyl (C=O) groups is 1. The number of amides is 1. The van der Waals surface area contributed by atoms with E-state index in [0.29, 0.717) is 39.9 Å². The Kier molecular flexibility index (Phi) is 8.36. The molecule has 2 N–H and O–H groups in total. The van der Waals surface area contributed by atoms with Gasteiger partial charge in [-0.3, -0.25) is 9.69 Å². The first-order valence-electron chi connectivity index (χ1n) is 13.0. The van der Waals surface area contributed by atoms with Gasteiger partial charge in [-0.15, -0.1) is 0 Å². The first kappa shape index (κ1) is 26.7. The quantitative estimate of drug-likeness (QED) is 0.372. The summed E-state index contributed by atoms with van der Waals surface area (Å²) >= 11 is 12.5. The minimum Gasteiger partial charge on any atom is -0.485 e. The second-order valence-corrected chi connectivity index (χ2v) is 10.8. The number of anilines is 1. The molecule has 3 aromatic rings. The van der Waals surface area contributed by atoms with Crippen molar-refractivity contribution in [3.8, 4) is 16.9 Å². The molecule has 2 atom stereocenters. The van der Waals surface area contributed by atoms with Crippen LogP contribution in [0.3, 0.4) is 0 Å². The van der Waals surface area contributed by atoms with Gasteiger partial charge in [0.15, 0.2) is 11.6 Å². The van der Waals surface area contributed by atoms with E-state index in [1.165, 1.54) is 0 Å². The summed E-state index contributed by atoms with van der Waals surface area (Å²) in [4.78, 5) is 21.8. The highest BCUT2D eigenvalue weighted by Crippen LogP contribution is 2.31. The minimum absolute atomic E-state index is 0.0175. The van der Waals surface area contributed by atoms with Gasteiger partial charge in [-0.1, -0.05) is 41.4 Å². The monoisotopic (exact) mass is 556 g/mol. The van der Waals surface area contributed by atoms with E-state index in [9.17, 15) is 9.18 Å². The van der Waals surface area contributed by atoms with Gasteiger partial charge in [0.25, 0.3) is 5.91 Å². The van der Waals surface area contributed by atoms with Crippen LogP contribution in [0.2, 0.25) is 10.0 Å². The lowest BCUT2D eigenvalue weighted by atomic mass is 10.0. The molecular weight excluding hydrogens is 526 g/mol. The molecule has 1 aromatic heterocycles. The van der Waals surface area contributed by atoms with Crippen molar-refractivity contribution in [2.45, 2.75) is 44.5 Å². The van der Waals surface area contributed by atoms with Gasteiger partial charge in [0, 0.05) is 58.6 Å². The lowest BCUT2D eigenvalue weighted by Gasteiger charge is -2.34. The summed E-state index contributed by atoms with van der Waals surface area (Å²) < 4.78 is 19.8. The summed E-state index contributed by atoms with van der Waals surface area (Å²) in [6.45, 7) is 3.00. The molecule has 2 fully saturated rings. The number of nitrogen functional groups attached to an aromatic ring is 1. The first-order chi connectivity index (χ1) is 18.4. The maximum atomic E-state index is 13.9. The average Bonchev–Trinajstić information content (AvgIpc) is 3.37. The number of halogens is 3. The zero-order valence-corrected chi connectivity index (χ0v) is 22.6. The van der Waals surface area contributed by atoms with E-state index < -0.39 is 6.17 Å². The largest absolute Gasteiger partial charge is 0.485 e. The summed E-state index contributed by atoms with van der Waals surface area (Å²) in [6.07, 6.45) is 4.36. The van der Waals surface area contributed by atoms with Crippen molar-refractivity contribution in [3.05, 3.63) is 75.9 Å². The molecule has 2 aliphatic heterocycles. The fraction of sp³-hybridized carbons (Fsp3) is 0.379. The normalized spacial score (nSPS) is 20.0. The van der Waals surface area contributed by atoms with Crippen LogP contribution in [0.1, 0.15) is 41.6 Å². The second kappa shape index (κ2) is 11.9. The van der Waals surface area contributed by atoms with Crippen LogP contribution in [0.5, 0.6) is 5.75 Å². The third kappa shape index (κ3) is 6.06. The van der Waals surface area contributed by atoms with E-state index in [2.05, 4.69) is 9.88 Å². The molecule has 0 spiro atoms. The van der Waals surface area contributed by atoms with Crippen LogP contribution in [-0.2, 0) is 6.61 Å². The fourth-order valence-electron chi connectivity index (χ4n) is 5.28. The van der Waals surface area contributed by atoms with Gasteiger partial charge in [-0.2, -0.15) is 0 Å². The second-order valence-electron chi connectivity index (χ2n) is 9.97. The minimum atomic E-state index is -0.760. The summed E-state index contributed by atoms with van der Waals surface area (Å²) in [5, 5.41) is 1.03. The summed E-state index contributed by atoms with van der Waals surface area (Å²) in [5.74, 6) is 0.701. The molecule has 38 heavy (non-hydrogen) atoms. The van der Waals surface area contributed by atoms with Crippen LogP contribution in [-0.4, -0.2) is 59.1 Å². The molecule has 5 rings (SSSR count). The molecule has 3 heterocycles. The zero-order valence-electron chi connectivity index (χ0n) is 21.1. The smallest absolute Gasteiger partial charge is 0.254 e. The van der Waals surface area contributed by atoms with Crippen LogP contribution in [0.4, 0.5) is 10.2 Å². The molecule has 200 valence electrons. The zero-order chi connectivity index (χ0) is 26.6. The molecule has 0 radical (unpaired) electrons. The number of nitrogens with zero attached hydrogens (tertiary/aromatic N) is 3.